The summed E-state index contributed by atoms with van der Waals surface area (Å²) in [5.41, 5.74) is 5.83. The van der Waals surface area contributed by atoms with Crippen LogP contribution in [0.25, 0.3) is 0 Å². The van der Waals surface area contributed by atoms with E-state index in [1.165, 1.54) is 12.1 Å². The minimum Gasteiger partial charge on any atom is -0.458 e. The highest BCUT2D eigenvalue weighted by atomic mass is 16.7. The maximum Gasteiger partial charge on any atom is 0.508 e. The molecule has 226 valence electrons. The van der Waals surface area contributed by atoms with E-state index in [0.717, 1.165) is 0 Å². The van der Waals surface area contributed by atoms with Crippen LogP contribution in [0, 0.1) is 16.2 Å². The summed E-state index contributed by atoms with van der Waals surface area (Å²) < 4.78 is 26.4. The second-order valence-corrected chi connectivity index (χ2v) is 13.7. The Hall–Kier alpha value is -3.14. The van der Waals surface area contributed by atoms with Gasteiger partial charge in [-0.15, -0.1) is 0 Å². The average Bonchev–Trinajstić information content (AvgIpc) is 2.74. The van der Waals surface area contributed by atoms with Crippen molar-refractivity contribution in [1.82, 2.24) is 0 Å². The summed E-state index contributed by atoms with van der Waals surface area (Å²) in [5, 5.41) is 0. The topological polar surface area (TPSA) is 140 Å². The number of carbonyl (C=O) groups is 4. The number of benzene rings is 1. The molecule has 0 unspecified atom stereocenters. The Morgan fingerprint density at radius 1 is 0.775 bits per heavy atom. The molecule has 0 radical (unpaired) electrons. The lowest BCUT2D eigenvalue weighted by Gasteiger charge is -2.20. The first-order chi connectivity index (χ1) is 18.1. The maximum absolute atomic E-state index is 12.6. The smallest absolute Gasteiger partial charge is 0.458 e. The van der Waals surface area contributed by atoms with Crippen LogP contribution in [0.15, 0.2) is 18.2 Å². The highest BCUT2D eigenvalue weighted by molar-refractivity contribution is 5.78. The van der Waals surface area contributed by atoms with E-state index in [0.29, 0.717) is 5.56 Å². The van der Waals surface area contributed by atoms with Crippen LogP contribution in [-0.2, 0) is 35.0 Å². The Morgan fingerprint density at radius 2 is 1.30 bits per heavy atom. The van der Waals surface area contributed by atoms with Crippen molar-refractivity contribution in [3.63, 3.8) is 0 Å². The van der Waals surface area contributed by atoms with Gasteiger partial charge in [0.25, 0.3) is 0 Å². The van der Waals surface area contributed by atoms with Crippen molar-refractivity contribution in [2.75, 3.05) is 13.2 Å². The number of hydrogen-bond donors (Lipinski definition) is 1. The van der Waals surface area contributed by atoms with Crippen molar-refractivity contribution in [2.24, 2.45) is 22.0 Å². The lowest BCUT2D eigenvalue weighted by Crippen LogP contribution is -2.37. The van der Waals surface area contributed by atoms with Crippen LogP contribution in [0.1, 0.15) is 87.6 Å². The molecule has 0 bridgehead atoms. The Balaban J connectivity index is 2.88. The van der Waals surface area contributed by atoms with E-state index in [1.807, 2.05) is 62.3 Å². The van der Waals surface area contributed by atoms with Gasteiger partial charge in [0.05, 0.1) is 19.4 Å². The molecule has 10 heteroatoms. The summed E-state index contributed by atoms with van der Waals surface area (Å²) in [4.78, 5) is 49.3. The third-order valence-electron chi connectivity index (χ3n) is 4.94. The van der Waals surface area contributed by atoms with E-state index in [1.54, 1.807) is 13.0 Å². The Morgan fingerprint density at radius 3 is 1.80 bits per heavy atom. The van der Waals surface area contributed by atoms with E-state index in [4.69, 9.17) is 29.4 Å². The summed E-state index contributed by atoms with van der Waals surface area (Å²) in [6.07, 6.45) is -1.24. The molecule has 40 heavy (non-hydrogen) atoms. The predicted octanol–water partition coefficient (Wildman–Crippen LogP) is 5.37. The van der Waals surface area contributed by atoms with Crippen LogP contribution in [0.3, 0.4) is 0 Å². The third-order valence-corrected chi connectivity index (χ3v) is 4.94. The van der Waals surface area contributed by atoms with E-state index in [-0.39, 0.29) is 60.2 Å². The zero-order chi connectivity index (χ0) is 30.9. The van der Waals surface area contributed by atoms with Crippen molar-refractivity contribution < 1.29 is 42.9 Å². The van der Waals surface area contributed by atoms with Crippen molar-refractivity contribution >= 4 is 24.1 Å². The van der Waals surface area contributed by atoms with Gasteiger partial charge in [-0.1, -0.05) is 68.4 Å². The van der Waals surface area contributed by atoms with Crippen LogP contribution in [0.4, 0.5) is 4.79 Å². The molecule has 0 aliphatic carbocycles. The standard InChI is InChI=1S/C30H47NO9/c1-19(17-36-27(35)37-18-30(8,9)10)38-26(34)21(31)13-20-11-12-22(39-24(32)15-28(2,3)4)23(14-20)40-25(33)16-29(5,6)7/h11-12,14,19,21H,13,15-18,31H2,1-10H3/t19-,21-/m0/s1. The molecular formula is C30H47NO9. The van der Waals surface area contributed by atoms with Gasteiger partial charge in [-0.2, -0.15) is 0 Å². The molecule has 0 heterocycles. The number of ether oxygens (including phenoxy) is 5. The first-order valence-electron chi connectivity index (χ1n) is 13.4. The van der Waals surface area contributed by atoms with Crippen molar-refractivity contribution in [3.05, 3.63) is 23.8 Å². The van der Waals surface area contributed by atoms with Gasteiger partial charge in [-0.3, -0.25) is 14.4 Å². The molecule has 2 atom stereocenters. The fraction of sp³-hybridized carbons (Fsp3) is 0.667. The molecule has 0 aliphatic heterocycles. The van der Waals surface area contributed by atoms with Crippen LogP contribution in [0.2, 0.25) is 0 Å². The zero-order valence-electron chi connectivity index (χ0n) is 25.7. The first-order valence-corrected chi connectivity index (χ1v) is 13.4. The molecule has 0 aromatic heterocycles. The van der Waals surface area contributed by atoms with Crippen molar-refractivity contribution in [2.45, 2.75) is 101 Å². The molecule has 0 saturated heterocycles. The number of rotatable bonds is 11. The highest BCUT2D eigenvalue weighted by Gasteiger charge is 2.24. The first kappa shape index (κ1) is 34.9. The normalized spacial score (nSPS) is 13.6. The van der Waals surface area contributed by atoms with Crippen LogP contribution < -0.4 is 15.2 Å². The summed E-state index contributed by atoms with van der Waals surface area (Å²) in [6.45, 7) is 18.7. The van der Waals surface area contributed by atoms with Gasteiger partial charge >= 0.3 is 24.1 Å². The number of nitrogens with two attached hydrogens (primary N) is 1. The Labute approximate surface area is 238 Å². The quantitative estimate of drug-likeness (QED) is 0.275. The molecule has 1 rings (SSSR count). The second-order valence-electron chi connectivity index (χ2n) is 13.7. The molecule has 0 amide bonds. The molecule has 10 nitrogen and oxygen atoms in total. The van der Waals surface area contributed by atoms with Gasteiger partial charge in [0.2, 0.25) is 0 Å². The molecule has 1 aromatic carbocycles. The largest absolute Gasteiger partial charge is 0.508 e. The fourth-order valence-electron chi connectivity index (χ4n) is 3.19. The van der Waals surface area contributed by atoms with Crippen LogP contribution >= 0.6 is 0 Å². The van der Waals surface area contributed by atoms with Gasteiger partial charge in [-0.05, 0) is 47.3 Å². The van der Waals surface area contributed by atoms with E-state index in [9.17, 15) is 19.2 Å². The SMILES string of the molecule is C[C@@H](COC(=O)OCC(C)(C)C)OC(=O)[C@@H](N)Cc1ccc(OC(=O)CC(C)(C)C)c(OC(=O)CC(C)(C)C)c1. The molecule has 2 N–H and O–H groups in total. The number of hydrogen-bond acceptors (Lipinski definition) is 10. The van der Waals surface area contributed by atoms with Crippen LogP contribution in [0.5, 0.6) is 11.5 Å². The Kier molecular flexibility index (Phi) is 12.6. The van der Waals surface area contributed by atoms with E-state index < -0.39 is 36.2 Å². The maximum atomic E-state index is 12.6. The summed E-state index contributed by atoms with van der Waals surface area (Å²) in [5.74, 6) is -1.50. The number of esters is 3. The minimum atomic E-state index is -1.05. The molecule has 0 aliphatic rings. The highest BCUT2D eigenvalue weighted by Crippen LogP contribution is 2.32. The van der Waals surface area contributed by atoms with Crippen LogP contribution in [-0.4, -0.2) is 49.4 Å². The minimum absolute atomic E-state index is 0.0556. The average molecular weight is 566 g/mol. The van der Waals surface area contributed by atoms with E-state index in [2.05, 4.69) is 0 Å². The summed E-state index contributed by atoms with van der Waals surface area (Å²) in [6, 6.07) is 3.60. The molecule has 0 fully saturated rings. The molecule has 0 spiro atoms. The lowest BCUT2D eigenvalue weighted by molar-refractivity contribution is -0.152. The van der Waals surface area contributed by atoms with Gasteiger partial charge in [0.15, 0.2) is 11.5 Å². The monoisotopic (exact) mass is 565 g/mol. The number of carbonyl (C=O) groups excluding carboxylic acids is 4. The molecule has 0 saturated carbocycles. The molecular weight excluding hydrogens is 518 g/mol. The zero-order valence-corrected chi connectivity index (χ0v) is 25.7. The van der Waals surface area contributed by atoms with Gasteiger partial charge < -0.3 is 29.4 Å². The van der Waals surface area contributed by atoms with Gasteiger partial charge in [0.1, 0.15) is 18.8 Å². The van der Waals surface area contributed by atoms with Gasteiger partial charge in [0, 0.05) is 0 Å². The fourth-order valence-corrected chi connectivity index (χ4v) is 3.19. The Bertz CT molecular complexity index is 1030. The van der Waals surface area contributed by atoms with Crippen molar-refractivity contribution in [1.29, 1.82) is 0 Å². The van der Waals surface area contributed by atoms with E-state index >= 15 is 0 Å². The second kappa shape index (κ2) is 14.5. The van der Waals surface area contributed by atoms with Gasteiger partial charge in [-0.25, -0.2) is 4.79 Å². The lowest BCUT2D eigenvalue weighted by atomic mass is 9.92. The summed E-state index contributed by atoms with van der Waals surface area (Å²) in [7, 11) is 0. The summed E-state index contributed by atoms with van der Waals surface area (Å²) >= 11 is 0. The molecule has 1 aromatic rings. The predicted molar refractivity (Wildman–Crippen MR) is 150 cm³/mol. The van der Waals surface area contributed by atoms with Crippen molar-refractivity contribution in [3.8, 4) is 11.5 Å². The third kappa shape index (κ3) is 15.5.